The molecule has 2 atom stereocenters. The molecule has 2 heterocycles. The van der Waals surface area contributed by atoms with E-state index in [2.05, 4.69) is 74.0 Å². The molecule has 0 unspecified atom stereocenters. The van der Waals surface area contributed by atoms with Crippen molar-refractivity contribution < 1.29 is 4.79 Å². The Bertz CT molecular complexity index is 1730. The number of hydrogen-bond acceptors (Lipinski definition) is 3. The molecule has 2 aliphatic carbocycles. The second-order valence-corrected chi connectivity index (χ2v) is 11.2. The van der Waals surface area contributed by atoms with Crippen LogP contribution in [0.2, 0.25) is 0 Å². The van der Waals surface area contributed by atoms with E-state index in [0.717, 1.165) is 52.9 Å². The van der Waals surface area contributed by atoms with Crippen LogP contribution < -0.4 is 5.32 Å². The highest BCUT2D eigenvalue weighted by molar-refractivity contribution is 6.10. The molecule has 2 aliphatic rings. The Morgan fingerprint density at radius 1 is 0.861 bits per heavy atom. The Hall–Kier alpha value is -3.73. The monoisotopic (exact) mass is 474 g/mol. The molecule has 0 radical (unpaired) electrons. The number of anilines is 1. The summed E-state index contributed by atoms with van der Waals surface area (Å²) in [6.45, 7) is 9.79. The molecule has 5 heteroatoms. The Morgan fingerprint density at radius 3 is 2.28 bits per heavy atom. The van der Waals surface area contributed by atoms with Crippen LogP contribution in [0.25, 0.3) is 32.8 Å². The molecular formula is C31H30N4O. The van der Waals surface area contributed by atoms with Crippen molar-refractivity contribution in [1.29, 1.82) is 0 Å². The number of carbonyl (C=O) groups is 1. The number of aromatic nitrogens is 3. The number of nitrogens with one attached hydrogen (secondary N) is 1. The lowest BCUT2D eigenvalue weighted by Crippen LogP contribution is -2.48. The summed E-state index contributed by atoms with van der Waals surface area (Å²) < 4.78 is 2.33. The van der Waals surface area contributed by atoms with Gasteiger partial charge < -0.3 is 9.88 Å². The minimum Gasteiger partial charge on any atom is -0.341 e. The van der Waals surface area contributed by atoms with E-state index in [1.807, 2.05) is 30.3 Å². The molecular weight excluding hydrogens is 444 g/mol. The number of fused-ring (bicyclic) bond motifs is 9. The zero-order valence-electron chi connectivity index (χ0n) is 21.2. The van der Waals surface area contributed by atoms with Crippen molar-refractivity contribution in [3.63, 3.8) is 0 Å². The van der Waals surface area contributed by atoms with Crippen LogP contribution in [0.1, 0.15) is 51.9 Å². The summed E-state index contributed by atoms with van der Waals surface area (Å²) in [7, 11) is 0. The van der Waals surface area contributed by atoms with Crippen LogP contribution in [0.15, 0.2) is 66.7 Å². The highest BCUT2D eigenvalue weighted by atomic mass is 16.2. The lowest BCUT2D eigenvalue weighted by molar-refractivity contribution is -0.125. The molecule has 7 rings (SSSR count). The molecule has 180 valence electrons. The third-order valence-electron chi connectivity index (χ3n) is 9.68. The predicted octanol–water partition coefficient (Wildman–Crippen LogP) is 6.73. The summed E-state index contributed by atoms with van der Waals surface area (Å²) in [4.78, 5) is 24.5. The van der Waals surface area contributed by atoms with Crippen molar-refractivity contribution >= 4 is 44.4 Å². The maximum atomic E-state index is 14.3. The molecule has 1 amide bonds. The number of amides is 1. The predicted molar refractivity (Wildman–Crippen MR) is 145 cm³/mol. The van der Waals surface area contributed by atoms with Gasteiger partial charge in [0.2, 0.25) is 5.91 Å². The number of carbonyl (C=O) groups excluding carboxylic acids is 1. The number of aryl methyl sites for hydroxylation is 1. The van der Waals surface area contributed by atoms with Gasteiger partial charge in [0.05, 0.1) is 27.8 Å². The van der Waals surface area contributed by atoms with Crippen LogP contribution in [0, 0.1) is 5.41 Å². The van der Waals surface area contributed by atoms with Crippen LogP contribution in [-0.2, 0) is 22.2 Å². The van der Waals surface area contributed by atoms with Gasteiger partial charge in [0.15, 0.2) is 0 Å². The van der Waals surface area contributed by atoms with Crippen LogP contribution in [-0.4, -0.2) is 20.4 Å². The topological polar surface area (TPSA) is 59.8 Å². The van der Waals surface area contributed by atoms with Crippen molar-refractivity contribution in [3.8, 4) is 0 Å². The summed E-state index contributed by atoms with van der Waals surface area (Å²) in [5, 5.41) is 5.70. The summed E-state index contributed by atoms with van der Waals surface area (Å²) >= 11 is 0. The average Bonchev–Trinajstić information content (AvgIpc) is 3.37. The maximum Gasteiger partial charge on any atom is 0.237 e. The van der Waals surface area contributed by atoms with E-state index in [9.17, 15) is 4.79 Å². The lowest BCUT2D eigenvalue weighted by atomic mass is 9.63. The van der Waals surface area contributed by atoms with Gasteiger partial charge in [0.1, 0.15) is 0 Å². The number of hydrogen-bond donors (Lipinski definition) is 1. The van der Waals surface area contributed by atoms with Gasteiger partial charge in [-0.15, -0.1) is 0 Å². The Labute approximate surface area is 210 Å². The second-order valence-electron chi connectivity index (χ2n) is 11.2. The standard InChI is InChI=1S/C31H30N4O/c1-5-35-24-13-9-6-10-20(24)21-18-19(14-15-25(21)35)32-28(36)31-17-16-30(4,29(31,2)3)26-27(31)34-23-12-8-7-11-22(23)33-26/h6-15,18H,5,16-17H2,1-4H3,(H,32,36)/t30-,31-/m0/s1. The van der Waals surface area contributed by atoms with Crippen molar-refractivity contribution in [1.82, 2.24) is 14.5 Å². The van der Waals surface area contributed by atoms with Gasteiger partial charge in [-0.05, 0) is 61.6 Å². The van der Waals surface area contributed by atoms with Crippen LogP contribution in [0.3, 0.4) is 0 Å². The Morgan fingerprint density at radius 2 is 1.53 bits per heavy atom. The molecule has 0 spiro atoms. The molecule has 2 bridgehead atoms. The zero-order chi connectivity index (χ0) is 24.9. The first-order valence-corrected chi connectivity index (χ1v) is 12.9. The lowest BCUT2D eigenvalue weighted by Gasteiger charge is -2.39. The first kappa shape index (κ1) is 21.5. The van der Waals surface area contributed by atoms with E-state index in [1.165, 1.54) is 16.4 Å². The number of benzene rings is 3. The van der Waals surface area contributed by atoms with E-state index < -0.39 is 5.41 Å². The van der Waals surface area contributed by atoms with Crippen molar-refractivity contribution in [2.24, 2.45) is 5.41 Å². The Balaban J connectivity index is 1.37. The van der Waals surface area contributed by atoms with Crippen LogP contribution in [0.5, 0.6) is 0 Å². The summed E-state index contributed by atoms with van der Waals surface area (Å²) in [5.41, 5.74) is 5.60. The quantitative estimate of drug-likeness (QED) is 0.316. The van der Waals surface area contributed by atoms with Crippen LogP contribution in [0.4, 0.5) is 5.69 Å². The Kier molecular flexibility index (Phi) is 4.15. The van der Waals surface area contributed by atoms with Gasteiger partial charge in [-0.25, -0.2) is 9.97 Å². The SMILES string of the molecule is CCn1c2ccccc2c2cc(NC(=O)[C@]34CC[C@@](C)(c5nc6ccccc6nc53)C4(C)C)ccc21. The first-order valence-electron chi connectivity index (χ1n) is 12.9. The molecule has 2 aromatic heterocycles. The van der Waals surface area contributed by atoms with Gasteiger partial charge in [0.25, 0.3) is 0 Å². The molecule has 5 nitrogen and oxygen atoms in total. The maximum absolute atomic E-state index is 14.3. The fourth-order valence-electron chi connectivity index (χ4n) is 7.26. The second kappa shape index (κ2) is 6.94. The summed E-state index contributed by atoms with van der Waals surface area (Å²) in [6, 6.07) is 22.8. The van der Waals surface area contributed by atoms with Gasteiger partial charge >= 0.3 is 0 Å². The third kappa shape index (κ3) is 2.39. The first-order chi connectivity index (χ1) is 17.3. The largest absolute Gasteiger partial charge is 0.341 e. The molecule has 0 aliphatic heterocycles. The van der Waals surface area contributed by atoms with Crippen molar-refractivity contribution in [3.05, 3.63) is 78.1 Å². The van der Waals surface area contributed by atoms with E-state index in [0.29, 0.717) is 0 Å². The van der Waals surface area contributed by atoms with Gasteiger partial charge in [-0.2, -0.15) is 0 Å². The van der Waals surface area contributed by atoms with E-state index in [1.54, 1.807) is 0 Å². The number of para-hydroxylation sites is 3. The van der Waals surface area contributed by atoms with Crippen molar-refractivity contribution in [2.75, 3.05) is 5.32 Å². The average molecular weight is 475 g/mol. The molecule has 1 fully saturated rings. The molecule has 5 aromatic rings. The number of rotatable bonds is 3. The summed E-state index contributed by atoms with van der Waals surface area (Å²) in [6.07, 6.45) is 1.70. The van der Waals surface area contributed by atoms with Gasteiger partial charge in [-0.3, -0.25) is 4.79 Å². The van der Waals surface area contributed by atoms with Crippen molar-refractivity contribution in [2.45, 2.75) is 57.9 Å². The molecule has 1 N–H and O–H groups in total. The highest BCUT2D eigenvalue weighted by Gasteiger charge is 2.73. The minimum absolute atomic E-state index is 0.0261. The molecule has 3 aromatic carbocycles. The third-order valence-corrected chi connectivity index (χ3v) is 9.68. The highest BCUT2D eigenvalue weighted by Crippen LogP contribution is 2.70. The normalized spacial score (nSPS) is 24.0. The van der Waals surface area contributed by atoms with Crippen LogP contribution >= 0.6 is 0 Å². The van der Waals surface area contributed by atoms with E-state index >= 15 is 0 Å². The van der Waals surface area contributed by atoms with E-state index in [4.69, 9.17) is 9.97 Å². The molecule has 1 saturated carbocycles. The summed E-state index contributed by atoms with van der Waals surface area (Å²) in [5.74, 6) is 0.0261. The van der Waals surface area contributed by atoms with Gasteiger partial charge in [0, 0.05) is 39.5 Å². The fraction of sp³-hybridized carbons (Fsp3) is 0.323. The number of nitrogens with zero attached hydrogens (tertiary/aromatic N) is 3. The van der Waals surface area contributed by atoms with Gasteiger partial charge in [-0.1, -0.05) is 51.1 Å². The molecule has 36 heavy (non-hydrogen) atoms. The minimum atomic E-state index is -0.722. The fourth-order valence-corrected chi connectivity index (χ4v) is 7.26. The molecule has 0 saturated heterocycles. The zero-order valence-corrected chi connectivity index (χ0v) is 21.2. The smallest absolute Gasteiger partial charge is 0.237 e. The van der Waals surface area contributed by atoms with E-state index in [-0.39, 0.29) is 16.7 Å².